The zero-order valence-corrected chi connectivity index (χ0v) is 11.5. The van der Waals surface area contributed by atoms with Gasteiger partial charge in [-0.3, -0.25) is 9.69 Å². The summed E-state index contributed by atoms with van der Waals surface area (Å²) in [5, 5.41) is 3.16. The average Bonchev–Trinajstić information content (AvgIpc) is 2.76. The molecule has 18 heavy (non-hydrogen) atoms. The van der Waals surface area contributed by atoms with Crippen LogP contribution in [0.1, 0.15) is 13.3 Å². The molecule has 6 heteroatoms. The number of primary amides is 1. The van der Waals surface area contributed by atoms with Crippen molar-refractivity contribution in [3.63, 3.8) is 0 Å². The van der Waals surface area contributed by atoms with E-state index in [2.05, 4.69) is 17.1 Å². The molecule has 3 atom stereocenters. The Morgan fingerprint density at radius 3 is 2.33 bits per heavy atom. The zero-order valence-electron chi connectivity index (χ0n) is 11.5. The van der Waals surface area contributed by atoms with Gasteiger partial charge in [0.05, 0.1) is 18.2 Å². The van der Waals surface area contributed by atoms with Crippen molar-refractivity contribution in [2.45, 2.75) is 31.6 Å². The molecule has 1 rings (SSSR count). The first-order valence-corrected chi connectivity index (χ1v) is 6.43. The van der Waals surface area contributed by atoms with Gasteiger partial charge in [0.25, 0.3) is 0 Å². The molecule has 1 heterocycles. The van der Waals surface area contributed by atoms with Gasteiger partial charge in [0.2, 0.25) is 5.91 Å². The lowest BCUT2D eigenvalue weighted by atomic mass is 10.2. The predicted molar refractivity (Wildman–Crippen MR) is 69.3 cm³/mol. The molecule has 1 amide bonds. The fourth-order valence-corrected chi connectivity index (χ4v) is 2.25. The van der Waals surface area contributed by atoms with Gasteiger partial charge in [-0.2, -0.15) is 0 Å². The zero-order chi connectivity index (χ0) is 13.5. The van der Waals surface area contributed by atoms with E-state index in [1.54, 1.807) is 14.2 Å². The Hall–Kier alpha value is -0.690. The van der Waals surface area contributed by atoms with E-state index < -0.39 is 0 Å². The van der Waals surface area contributed by atoms with Crippen LogP contribution < -0.4 is 11.1 Å². The Labute approximate surface area is 109 Å². The van der Waals surface area contributed by atoms with Crippen molar-refractivity contribution in [1.82, 2.24) is 10.2 Å². The van der Waals surface area contributed by atoms with Crippen molar-refractivity contribution < 1.29 is 14.3 Å². The summed E-state index contributed by atoms with van der Waals surface area (Å²) >= 11 is 0. The molecule has 1 aliphatic rings. The van der Waals surface area contributed by atoms with Crippen LogP contribution in [0.5, 0.6) is 0 Å². The fraction of sp³-hybridized carbons (Fsp3) is 0.917. The normalized spacial score (nSPS) is 26.4. The lowest BCUT2D eigenvalue weighted by Gasteiger charge is -2.22. The van der Waals surface area contributed by atoms with Crippen molar-refractivity contribution in [3.8, 4) is 0 Å². The van der Waals surface area contributed by atoms with E-state index in [1.165, 1.54) is 0 Å². The van der Waals surface area contributed by atoms with E-state index in [-0.39, 0.29) is 24.2 Å². The SMILES string of the molecule is CCCNC(CN1CC(OC)C(OC)C1)C(N)=O. The summed E-state index contributed by atoms with van der Waals surface area (Å²) in [5.41, 5.74) is 5.40. The Morgan fingerprint density at radius 2 is 1.94 bits per heavy atom. The number of ether oxygens (including phenoxy) is 2. The highest BCUT2D eigenvalue weighted by Crippen LogP contribution is 2.15. The van der Waals surface area contributed by atoms with E-state index in [1.807, 2.05) is 0 Å². The topological polar surface area (TPSA) is 76.8 Å². The number of nitrogens with zero attached hydrogens (tertiary/aromatic N) is 1. The molecule has 3 N–H and O–H groups in total. The Morgan fingerprint density at radius 1 is 1.39 bits per heavy atom. The summed E-state index contributed by atoms with van der Waals surface area (Å²) in [6, 6.07) is -0.307. The van der Waals surface area contributed by atoms with Crippen molar-refractivity contribution in [3.05, 3.63) is 0 Å². The van der Waals surface area contributed by atoms with Gasteiger partial charge >= 0.3 is 0 Å². The molecule has 1 fully saturated rings. The molecule has 0 bridgehead atoms. The van der Waals surface area contributed by atoms with Crippen LogP contribution >= 0.6 is 0 Å². The van der Waals surface area contributed by atoms with Crippen LogP contribution in [0.4, 0.5) is 0 Å². The number of likely N-dealkylation sites (tertiary alicyclic amines) is 1. The van der Waals surface area contributed by atoms with Crippen LogP contribution in [0, 0.1) is 0 Å². The van der Waals surface area contributed by atoms with Crippen molar-refractivity contribution in [2.24, 2.45) is 5.73 Å². The second-order valence-electron chi connectivity index (χ2n) is 4.68. The highest BCUT2D eigenvalue weighted by molar-refractivity contribution is 5.80. The molecule has 0 spiro atoms. The third kappa shape index (κ3) is 4.20. The molecule has 1 saturated heterocycles. The number of nitrogens with two attached hydrogens (primary N) is 1. The number of hydrogen-bond donors (Lipinski definition) is 2. The molecule has 106 valence electrons. The highest BCUT2D eigenvalue weighted by Gasteiger charge is 2.34. The molecule has 0 aromatic rings. The van der Waals surface area contributed by atoms with Crippen molar-refractivity contribution in [1.29, 1.82) is 0 Å². The van der Waals surface area contributed by atoms with Gasteiger partial charge in [-0.1, -0.05) is 6.92 Å². The minimum Gasteiger partial charge on any atom is -0.377 e. The number of rotatable bonds is 8. The van der Waals surface area contributed by atoms with Gasteiger partial charge < -0.3 is 20.5 Å². The summed E-state index contributed by atoms with van der Waals surface area (Å²) < 4.78 is 10.7. The molecule has 6 nitrogen and oxygen atoms in total. The minimum absolute atomic E-state index is 0.0645. The summed E-state index contributed by atoms with van der Waals surface area (Å²) in [7, 11) is 3.36. The first-order valence-electron chi connectivity index (χ1n) is 6.43. The summed E-state index contributed by atoms with van der Waals surface area (Å²) in [5.74, 6) is -0.307. The number of nitrogens with one attached hydrogen (secondary N) is 1. The molecule has 3 unspecified atom stereocenters. The molecule has 1 aliphatic heterocycles. The third-order valence-corrected chi connectivity index (χ3v) is 3.32. The molecule has 0 saturated carbocycles. The number of methoxy groups -OCH3 is 2. The maximum atomic E-state index is 11.4. The van der Waals surface area contributed by atoms with Crippen LogP contribution in [-0.4, -0.2) is 69.5 Å². The number of carbonyl (C=O) groups is 1. The van der Waals surface area contributed by atoms with Gasteiger partial charge in [-0.05, 0) is 13.0 Å². The first kappa shape index (κ1) is 15.4. The van der Waals surface area contributed by atoms with E-state index in [4.69, 9.17) is 15.2 Å². The average molecular weight is 259 g/mol. The standard InChI is InChI=1S/C12H25N3O3/c1-4-5-14-9(12(13)16)6-15-7-10(17-2)11(8-15)18-3/h9-11,14H,4-8H2,1-3H3,(H2,13,16). The summed E-state index contributed by atoms with van der Waals surface area (Å²) in [4.78, 5) is 13.5. The van der Waals surface area contributed by atoms with Crippen molar-refractivity contribution in [2.75, 3.05) is 40.4 Å². The van der Waals surface area contributed by atoms with Crippen LogP contribution in [0.3, 0.4) is 0 Å². The van der Waals surface area contributed by atoms with Gasteiger partial charge in [-0.15, -0.1) is 0 Å². The third-order valence-electron chi connectivity index (χ3n) is 3.32. The quantitative estimate of drug-likeness (QED) is 0.596. The molecule has 0 aromatic carbocycles. The van der Waals surface area contributed by atoms with E-state index in [0.717, 1.165) is 26.1 Å². The molecular weight excluding hydrogens is 234 g/mol. The smallest absolute Gasteiger partial charge is 0.235 e. The lowest BCUT2D eigenvalue weighted by Crippen LogP contribution is -2.49. The van der Waals surface area contributed by atoms with Gasteiger partial charge in [0, 0.05) is 33.9 Å². The lowest BCUT2D eigenvalue weighted by molar-refractivity contribution is -0.120. The minimum atomic E-state index is -0.307. The summed E-state index contributed by atoms with van der Waals surface area (Å²) in [6.45, 7) is 5.00. The Bertz CT molecular complexity index is 251. The van der Waals surface area contributed by atoms with Gasteiger partial charge in [0.15, 0.2) is 0 Å². The van der Waals surface area contributed by atoms with Crippen LogP contribution in [-0.2, 0) is 14.3 Å². The maximum Gasteiger partial charge on any atom is 0.235 e. The van der Waals surface area contributed by atoms with E-state index in [0.29, 0.717) is 6.54 Å². The van der Waals surface area contributed by atoms with Crippen LogP contribution in [0.15, 0.2) is 0 Å². The molecule has 0 radical (unpaired) electrons. The van der Waals surface area contributed by atoms with E-state index in [9.17, 15) is 4.79 Å². The van der Waals surface area contributed by atoms with Gasteiger partial charge in [0.1, 0.15) is 0 Å². The Balaban J connectivity index is 2.47. The molecular formula is C12H25N3O3. The molecule has 0 aromatic heterocycles. The van der Waals surface area contributed by atoms with Crippen molar-refractivity contribution >= 4 is 5.91 Å². The Kier molecular flexibility index (Phi) is 6.56. The first-order chi connectivity index (χ1) is 8.62. The predicted octanol–water partition coefficient (Wildman–Crippen LogP) is -0.814. The van der Waals surface area contributed by atoms with Crippen LogP contribution in [0.2, 0.25) is 0 Å². The van der Waals surface area contributed by atoms with Crippen LogP contribution in [0.25, 0.3) is 0 Å². The number of hydrogen-bond acceptors (Lipinski definition) is 5. The van der Waals surface area contributed by atoms with E-state index >= 15 is 0 Å². The maximum absolute atomic E-state index is 11.4. The fourth-order valence-electron chi connectivity index (χ4n) is 2.25. The second-order valence-corrected chi connectivity index (χ2v) is 4.68. The largest absolute Gasteiger partial charge is 0.377 e. The summed E-state index contributed by atoms with van der Waals surface area (Å²) in [6.07, 6.45) is 1.11. The number of carbonyl (C=O) groups excluding carboxylic acids is 1. The van der Waals surface area contributed by atoms with Gasteiger partial charge in [-0.25, -0.2) is 0 Å². The highest BCUT2D eigenvalue weighted by atomic mass is 16.5. The second kappa shape index (κ2) is 7.68. The monoisotopic (exact) mass is 259 g/mol. The molecule has 0 aliphatic carbocycles. The number of amides is 1.